The van der Waals surface area contributed by atoms with Crippen molar-refractivity contribution in [2.75, 3.05) is 11.5 Å². The summed E-state index contributed by atoms with van der Waals surface area (Å²) in [5.41, 5.74) is 4.93. The van der Waals surface area contributed by atoms with E-state index in [4.69, 9.17) is 24.8 Å². The minimum atomic E-state index is -0.700. The Morgan fingerprint density at radius 2 is 2.00 bits per heavy atom. The number of hydrogen-bond acceptors (Lipinski definition) is 8. The first-order valence-corrected chi connectivity index (χ1v) is 14.9. The van der Waals surface area contributed by atoms with E-state index in [0.717, 1.165) is 71.9 Å². The van der Waals surface area contributed by atoms with E-state index >= 15 is 0 Å². The maximum absolute atomic E-state index is 14.3. The Bertz CT molecular complexity index is 1910. The molecule has 1 saturated heterocycles. The van der Waals surface area contributed by atoms with Gasteiger partial charge in [-0.05, 0) is 55.2 Å². The molecule has 11 heteroatoms. The Morgan fingerprint density at radius 1 is 1.11 bits per heavy atom. The topological polar surface area (TPSA) is 114 Å². The Balaban J connectivity index is 0.972. The molecule has 222 valence electrons. The van der Waals surface area contributed by atoms with Gasteiger partial charge in [0.05, 0.1) is 59.7 Å². The zero-order valence-electron chi connectivity index (χ0n) is 24.0. The van der Waals surface area contributed by atoms with E-state index in [1.165, 1.54) is 6.07 Å². The molecule has 44 heavy (non-hydrogen) atoms. The molecule has 0 amide bonds. The summed E-state index contributed by atoms with van der Waals surface area (Å²) in [7, 11) is 0. The molecule has 2 fully saturated rings. The molecule has 5 heterocycles. The second kappa shape index (κ2) is 10.4. The van der Waals surface area contributed by atoms with Crippen LogP contribution < -0.4 is 9.64 Å². The van der Waals surface area contributed by atoms with Gasteiger partial charge in [-0.25, -0.2) is 9.37 Å². The fourth-order valence-electron chi connectivity index (χ4n) is 5.97. The number of benzene rings is 2. The summed E-state index contributed by atoms with van der Waals surface area (Å²) < 4.78 is 30.0. The highest BCUT2D eigenvalue weighted by atomic mass is 19.1. The lowest BCUT2D eigenvalue weighted by Gasteiger charge is -2.27. The lowest BCUT2D eigenvalue weighted by Crippen LogP contribution is -2.32. The van der Waals surface area contributed by atoms with Crippen LogP contribution in [0.2, 0.25) is 0 Å². The quantitative estimate of drug-likeness (QED) is 0.266. The van der Waals surface area contributed by atoms with Gasteiger partial charge >= 0.3 is 0 Å². The van der Waals surface area contributed by atoms with E-state index in [9.17, 15) is 9.50 Å². The Hall–Kier alpha value is -4.79. The van der Waals surface area contributed by atoms with Gasteiger partial charge in [-0.1, -0.05) is 18.2 Å². The van der Waals surface area contributed by atoms with Gasteiger partial charge in [0.2, 0.25) is 5.88 Å². The molecule has 1 N–H and O–H groups in total. The van der Waals surface area contributed by atoms with Crippen LogP contribution in [-0.2, 0) is 43.1 Å². The predicted octanol–water partition coefficient (Wildman–Crippen LogP) is 4.56. The van der Waals surface area contributed by atoms with Crippen molar-refractivity contribution in [3.8, 4) is 11.9 Å². The summed E-state index contributed by atoms with van der Waals surface area (Å²) in [4.78, 5) is 11.7. The second-order valence-corrected chi connectivity index (χ2v) is 11.9. The first kappa shape index (κ1) is 26.8. The average Bonchev–Trinajstić information content (AvgIpc) is 3.30. The molecule has 0 radical (unpaired) electrons. The van der Waals surface area contributed by atoms with Crippen LogP contribution in [0.25, 0.3) is 11.0 Å². The fraction of sp³-hybridized carbons (Fsp3) is 0.333. The van der Waals surface area contributed by atoms with Crippen LogP contribution >= 0.6 is 0 Å². The third kappa shape index (κ3) is 4.96. The molecular weight excluding hydrogens is 561 g/mol. The molecule has 2 aromatic carbocycles. The molecule has 1 aliphatic carbocycles. The molecule has 5 aromatic rings. The van der Waals surface area contributed by atoms with E-state index < -0.39 is 11.4 Å². The molecule has 1 atom stereocenters. The Morgan fingerprint density at radius 3 is 2.75 bits per heavy atom. The van der Waals surface area contributed by atoms with Gasteiger partial charge in [-0.3, -0.25) is 4.68 Å². The van der Waals surface area contributed by atoms with Crippen LogP contribution in [0.15, 0.2) is 60.8 Å². The monoisotopic (exact) mass is 591 g/mol. The largest absolute Gasteiger partial charge is 0.473 e. The van der Waals surface area contributed by atoms with Crippen molar-refractivity contribution >= 4 is 16.9 Å². The van der Waals surface area contributed by atoms with Crippen molar-refractivity contribution in [2.24, 2.45) is 0 Å². The zero-order chi connectivity index (χ0) is 29.8. The van der Waals surface area contributed by atoms with E-state index in [0.29, 0.717) is 31.1 Å². The van der Waals surface area contributed by atoms with Gasteiger partial charge in [0.15, 0.2) is 0 Å². The molecule has 0 spiro atoms. The molecule has 10 nitrogen and oxygen atoms in total. The second-order valence-electron chi connectivity index (χ2n) is 11.9. The van der Waals surface area contributed by atoms with Gasteiger partial charge in [0.1, 0.15) is 24.1 Å². The number of nitrogens with zero attached hydrogens (tertiary/aromatic N) is 7. The number of rotatable bonds is 9. The van der Waals surface area contributed by atoms with Crippen molar-refractivity contribution in [1.29, 1.82) is 5.26 Å². The third-order valence-corrected chi connectivity index (χ3v) is 8.79. The average molecular weight is 592 g/mol. The molecule has 0 bridgehead atoms. The van der Waals surface area contributed by atoms with Crippen LogP contribution in [-0.4, -0.2) is 42.1 Å². The molecular formula is C33H30FN7O3. The summed E-state index contributed by atoms with van der Waals surface area (Å²) >= 11 is 0. The number of aliphatic hydroxyl groups is 1. The van der Waals surface area contributed by atoms with Gasteiger partial charge in [0, 0.05) is 36.5 Å². The molecule has 1 saturated carbocycles. The maximum Gasteiger partial charge on any atom is 0.215 e. The number of fused-ring (bicyclic) bond motifs is 2. The number of ether oxygens (including phenoxy) is 2. The highest BCUT2D eigenvalue weighted by Gasteiger charge is 2.42. The van der Waals surface area contributed by atoms with Crippen molar-refractivity contribution in [3.05, 3.63) is 100 Å². The number of imidazole rings is 1. The lowest BCUT2D eigenvalue weighted by atomic mass is 10.1. The smallest absolute Gasteiger partial charge is 0.215 e. The van der Waals surface area contributed by atoms with Crippen molar-refractivity contribution < 1.29 is 19.0 Å². The summed E-state index contributed by atoms with van der Waals surface area (Å²) in [5, 5.41) is 24.6. The zero-order valence-corrected chi connectivity index (χ0v) is 24.0. The molecule has 2 aliphatic heterocycles. The first-order chi connectivity index (χ1) is 21.4. The van der Waals surface area contributed by atoms with Gasteiger partial charge < -0.3 is 24.0 Å². The lowest BCUT2D eigenvalue weighted by molar-refractivity contribution is -0.0590. The summed E-state index contributed by atoms with van der Waals surface area (Å²) in [6.45, 7) is 3.33. The van der Waals surface area contributed by atoms with Crippen LogP contribution in [0.5, 0.6) is 5.88 Å². The highest BCUT2D eigenvalue weighted by Crippen LogP contribution is 2.46. The number of pyridine rings is 1. The SMILES string of the molecule is N#Cc1ccc(COc2cccc(N3Cc4cn(Cc5nc6ccc(C7(O)CC7)cc6n5C[C@@H]5CCO5)nc4C3)n2)c(F)c1. The summed E-state index contributed by atoms with van der Waals surface area (Å²) in [6, 6.07) is 17.9. The number of anilines is 1. The molecule has 3 aromatic heterocycles. The summed E-state index contributed by atoms with van der Waals surface area (Å²) in [6.07, 6.45) is 4.87. The number of nitriles is 1. The molecule has 8 rings (SSSR count). The van der Waals surface area contributed by atoms with Gasteiger partial charge in [-0.15, -0.1) is 0 Å². The van der Waals surface area contributed by atoms with E-state index in [-0.39, 0.29) is 18.3 Å². The number of hydrogen-bond donors (Lipinski definition) is 1. The van der Waals surface area contributed by atoms with Crippen molar-refractivity contribution in [2.45, 2.75) is 63.8 Å². The normalized spacial score (nSPS) is 18.2. The fourth-order valence-corrected chi connectivity index (χ4v) is 5.97. The summed E-state index contributed by atoms with van der Waals surface area (Å²) in [5.74, 6) is 1.59. The number of aromatic nitrogens is 5. The van der Waals surface area contributed by atoms with Crippen LogP contribution in [0.3, 0.4) is 0 Å². The van der Waals surface area contributed by atoms with Crippen LogP contribution in [0, 0.1) is 17.1 Å². The minimum absolute atomic E-state index is 0.0145. The van der Waals surface area contributed by atoms with Crippen molar-refractivity contribution in [3.63, 3.8) is 0 Å². The Kier molecular flexibility index (Phi) is 6.36. The first-order valence-electron chi connectivity index (χ1n) is 14.9. The minimum Gasteiger partial charge on any atom is -0.473 e. The molecule has 3 aliphatic rings. The highest BCUT2D eigenvalue weighted by molar-refractivity contribution is 5.77. The van der Waals surface area contributed by atoms with E-state index in [1.54, 1.807) is 18.2 Å². The van der Waals surface area contributed by atoms with Gasteiger partial charge in [0.25, 0.3) is 0 Å². The van der Waals surface area contributed by atoms with E-state index in [2.05, 4.69) is 26.7 Å². The van der Waals surface area contributed by atoms with E-state index in [1.807, 2.05) is 35.0 Å². The van der Waals surface area contributed by atoms with Gasteiger partial charge in [-0.2, -0.15) is 15.3 Å². The predicted molar refractivity (Wildman–Crippen MR) is 158 cm³/mol. The van der Waals surface area contributed by atoms with Crippen LogP contribution in [0.1, 0.15) is 53.0 Å². The number of halogens is 1. The van der Waals surface area contributed by atoms with Crippen molar-refractivity contribution in [1.82, 2.24) is 24.3 Å². The van der Waals surface area contributed by atoms with Crippen LogP contribution in [0.4, 0.5) is 10.2 Å². The standard InChI is InChI=1S/C33H30FN7O3/c34-26-12-21(14-35)4-5-22(26)20-44-32-3-1-2-30(37-32)39-15-23-16-40(38-28(23)18-39)19-31-36-27-7-6-24(33(42)9-10-33)13-29(27)41(31)17-25-8-11-43-25/h1-7,12-13,16,25,42H,8-11,15,17-20H2/t25-/m0/s1. The third-order valence-electron chi connectivity index (χ3n) is 8.79. The molecule has 0 unspecified atom stereocenters. The maximum atomic E-state index is 14.3. The Labute approximate surface area is 252 Å².